The van der Waals surface area contributed by atoms with E-state index in [4.69, 9.17) is 9.47 Å². The average Bonchev–Trinajstić information content (AvgIpc) is 2.80. The van der Waals surface area contributed by atoms with Gasteiger partial charge in [-0.3, -0.25) is 4.79 Å². The summed E-state index contributed by atoms with van der Waals surface area (Å²) in [6.07, 6.45) is 0.0802. The van der Waals surface area contributed by atoms with Crippen LogP contribution in [-0.4, -0.2) is 31.2 Å². The van der Waals surface area contributed by atoms with Crippen molar-refractivity contribution in [1.82, 2.24) is 0 Å². The van der Waals surface area contributed by atoms with E-state index in [9.17, 15) is 9.59 Å². The first-order valence-electron chi connectivity index (χ1n) is 10.5. The number of nitrogens with zero attached hydrogens (tertiary/aromatic N) is 1. The van der Waals surface area contributed by atoms with Gasteiger partial charge in [0.1, 0.15) is 11.5 Å². The second-order valence-corrected chi connectivity index (χ2v) is 7.39. The van der Waals surface area contributed by atoms with Crippen LogP contribution in [0.15, 0.2) is 78.9 Å². The summed E-state index contributed by atoms with van der Waals surface area (Å²) in [6.45, 7) is 2.69. The lowest BCUT2D eigenvalue weighted by Crippen LogP contribution is -2.45. The molecule has 0 radical (unpaired) electrons. The van der Waals surface area contributed by atoms with Gasteiger partial charge in [-0.25, -0.2) is 4.79 Å². The van der Waals surface area contributed by atoms with Gasteiger partial charge in [0, 0.05) is 17.9 Å². The van der Waals surface area contributed by atoms with Gasteiger partial charge in [0.2, 0.25) is 0 Å². The number of ether oxygens (including phenoxy) is 2. The summed E-state index contributed by atoms with van der Waals surface area (Å²) in [5, 5.41) is 5.58. The van der Waals surface area contributed by atoms with Crippen molar-refractivity contribution in [2.75, 3.05) is 28.7 Å². The summed E-state index contributed by atoms with van der Waals surface area (Å²) < 4.78 is 11.5. The Morgan fingerprint density at radius 1 is 0.969 bits per heavy atom. The van der Waals surface area contributed by atoms with Crippen molar-refractivity contribution in [2.45, 2.75) is 19.4 Å². The molecule has 1 unspecified atom stereocenters. The molecule has 0 aromatic heterocycles. The first kappa shape index (κ1) is 21.2. The van der Waals surface area contributed by atoms with Crippen LogP contribution in [0.4, 0.5) is 21.9 Å². The van der Waals surface area contributed by atoms with E-state index >= 15 is 0 Å². The summed E-state index contributed by atoms with van der Waals surface area (Å²) in [4.78, 5) is 26.8. The molecule has 0 aliphatic carbocycles. The third-order valence-corrected chi connectivity index (χ3v) is 4.99. The summed E-state index contributed by atoms with van der Waals surface area (Å²) in [5.74, 6) is 1.28. The highest BCUT2D eigenvalue weighted by Gasteiger charge is 2.31. The van der Waals surface area contributed by atoms with Gasteiger partial charge in [-0.05, 0) is 55.8 Å². The molecule has 1 atom stereocenters. The molecule has 0 bridgehead atoms. The first-order valence-corrected chi connectivity index (χ1v) is 10.5. The molecule has 3 amide bonds. The smallest absolute Gasteiger partial charge is 0.323 e. The molecule has 4 rings (SSSR count). The van der Waals surface area contributed by atoms with Crippen LogP contribution in [0.1, 0.15) is 13.3 Å². The molecule has 3 aromatic rings. The maximum absolute atomic E-state index is 12.8. The zero-order chi connectivity index (χ0) is 22.3. The molecule has 164 valence electrons. The molecule has 0 fully saturated rings. The highest BCUT2D eigenvalue weighted by atomic mass is 16.5. The number of urea groups is 1. The highest BCUT2D eigenvalue weighted by molar-refractivity contribution is 6.03. The van der Waals surface area contributed by atoms with E-state index in [1.54, 1.807) is 42.2 Å². The maximum atomic E-state index is 12.8. The topological polar surface area (TPSA) is 79.9 Å². The molecule has 0 spiro atoms. The molecule has 0 saturated heterocycles. The minimum Gasteiger partial charge on any atom is -0.494 e. The number of fused-ring (bicyclic) bond motifs is 1. The van der Waals surface area contributed by atoms with Crippen molar-refractivity contribution in [1.29, 1.82) is 0 Å². The van der Waals surface area contributed by atoms with Crippen LogP contribution >= 0.6 is 0 Å². The van der Waals surface area contributed by atoms with E-state index in [2.05, 4.69) is 10.6 Å². The quantitative estimate of drug-likeness (QED) is 0.521. The van der Waals surface area contributed by atoms with E-state index < -0.39 is 6.10 Å². The van der Waals surface area contributed by atoms with Crippen LogP contribution in [0.3, 0.4) is 0 Å². The minimum absolute atomic E-state index is 0.122. The number of carbonyl (C=O) groups excluding carboxylic acids is 2. The van der Waals surface area contributed by atoms with Crippen LogP contribution in [-0.2, 0) is 4.79 Å². The normalized spacial score (nSPS) is 14.8. The molecule has 0 saturated carbocycles. The number of amides is 3. The van der Waals surface area contributed by atoms with Crippen LogP contribution in [0.25, 0.3) is 0 Å². The SMILES string of the molecule is CC1Oc2ccc(NC(=O)Nc3ccccc3)cc2N(CCCOc2ccccc2)C1=O. The standard InChI is InChI=1S/C25H25N3O4/c1-18-24(29)28(15-8-16-31-21-11-6-3-7-12-21)22-17-20(13-14-23(22)32-18)27-25(30)26-19-9-4-2-5-10-19/h2-7,9-14,17-18H,8,15-16H2,1H3,(H2,26,27,30). The largest absolute Gasteiger partial charge is 0.494 e. The van der Waals surface area contributed by atoms with Gasteiger partial charge in [-0.1, -0.05) is 36.4 Å². The fourth-order valence-corrected chi connectivity index (χ4v) is 3.46. The first-order chi connectivity index (χ1) is 15.6. The van der Waals surface area contributed by atoms with Crippen molar-refractivity contribution in [3.8, 4) is 11.5 Å². The lowest BCUT2D eigenvalue weighted by molar-refractivity contribution is -0.125. The number of hydrogen-bond donors (Lipinski definition) is 2. The van der Waals surface area contributed by atoms with Crippen molar-refractivity contribution in [2.24, 2.45) is 0 Å². The Morgan fingerprint density at radius 3 is 2.41 bits per heavy atom. The lowest BCUT2D eigenvalue weighted by Gasteiger charge is -2.33. The summed E-state index contributed by atoms with van der Waals surface area (Å²) in [6, 6.07) is 23.7. The summed E-state index contributed by atoms with van der Waals surface area (Å²) in [7, 11) is 0. The molecule has 1 aliphatic heterocycles. The van der Waals surface area contributed by atoms with E-state index in [1.807, 2.05) is 48.5 Å². The monoisotopic (exact) mass is 431 g/mol. The van der Waals surface area contributed by atoms with E-state index in [-0.39, 0.29) is 11.9 Å². The van der Waals surface area contributed by atoms with Gasteiger partial charge in [0.25, 0.3) is 5.91 Å². The molecule has 1 aliphatic rings. The fourth-order valence-electron chi connectivity index (χ4n) is 3.46. The number of para-hydroxylation sites is 2. The Hall–Kier alpha value is -4.00. The number of anilines is 3. The van der Waals surface area contributed by atoms with Crippen LogP contribution in [0.2, 0.25) is 0 Å². The van der Waals surface area contributed by atoms with Gasteiger partial charge < -0.3 is 25.0 Å². The molecular weight excluding hydrogens is 406 g/mol. The van der Waals surface area contributed by atoms with Crippen molar-refractivity contribution in [3.63, 3.8) is 0 Å². The Morgan fingerprint density at radius 2 is 1.66 bits per heavy atom. The van der Waals surface area contributed by atoms with Gasteiger partial charge in [0.15, 0.2) is 6.10 Å². The predicted octanol–water partition coefficient (Wildman–Crippen LogP) is 4.91. The van der Waals surface area contributed by atoms with Crippen LogP contribution in [0, 0.1) is 0 Å². The van der Waals surface area contributed by atoms with Gasteiger partial charge >= 0.3 is 6.03 Å². The van der Waals surface area contributed by atoms with E-state index in [0.717, 1.165) is 5.75 Å². The molecular formula is C25H25N3O4. The summed E-state index contributed by atoms with van der Waals surface area (Å²) >= 11 is 0. The van der Waals surface area contributed by atoms with Crippen LogP contribution in [0.5, 0.6) is 11.5 Å². The second kappa shape index (κ2) is 9.87. The lowest BCUT2D eigenvalue weighted by atomic mass is 10.1. The molecule has 1 heterocycles. The number of hydrogen-bond acceptors (Lipinski definition) is 4. The van der Waals surface area contributed by atoms with Gasteiger partial charge in [0.05, 0.1) is 12.3 Å². The van der Waals surface area contributed by atoms with Gasteiger partial charge in [-0.15, -0.1) is 0 Å². The maximum Gasteiger partial charge on any atom is 0.323 e. The fraction of sp³-hybridized carbons (Fsp3) is 0.200. The number of benzene rings is 3. The van der Waals surface area contributed by atoms with Crippen molar-refractivity contribution < 1.29 is 19.1 Å². The Labute approximate surface area is 187 Å². The zero-order valence-corrected chi connectivity index (χ0v) is 17.8. The number of carbonyl (C=O) groups is 2. The minimum atomic E-state index is -0.572. The van der Waals surface area contributed by atoms with Crippen molar-refractivity contribution >= 4 is 29.0 Å². The van der Waals surface area contributed by atoms with E-state index in [0.29, 0.717) is 42.4 Å². The van der Waals surface area contributed by atoms with Gasteiger partial charge in [-0.2, -0.15) is 0 Å². The zero-order valence-electron chi connectivity index (χ0n) is 17.8. The molecule has 7 heteroatoms. The van der Waals surface area contributed by atoms with E-state index in [1.165, 1.54) is 0 Å². The van der Waals surface area contributed by atoms with Crippen molar-refractivity contribution in [3.05, 3.63) is 78.9 Å². The average molecular weight is 431 g/mol. The molecule has 2 N–H and O–H groups in total. The molecule has 7 nitrogen and oxygen atoms in total. The number of nitrogens with one attached hydrogen (secondary N) is 2. The molecule has 3 aromatic carbocycles. The van der Waals surface area contributed by atoms with Crippen LogP contribution < -0.4 is 25.0 Å². The Kier molecular flexibility index (Phi) is 6.55. The third-order valence-electron chi connectivity index (χ3n) is 4.99. The summed E-state index contributed by atoms with van der Waals surface area (Å²) in [5.41, 5.74) is 1.88. The highest BCUT2D eigenvalue weighted by Crippen LogP contribution is 2.36. The Balaban J connectivity index is 1.42. The molecule has 32 heavy (non-hydrogen) atoms. The second-order valence-electron chi connectivity index (χ2n) is 7.39. The third kappa shape index (κ3) is 5.18. The Bertz CT molecular complexity index is 1070. The number of rotatable bonds is 7. The predicted molar refractivity (Wildman–Crippen MR) is 125 cm³/mol.